The molecule has 3 aliphatic carbocycles. The van der Waals surface area contributed by atoms with Gasteiger partial charge in [0.1, 0.15) is 0 Å². The second kappa shape index (κ2) is 5.21. The van der Waals surface area contributed by atoms with E-state index < -0.39 is 5.60 Å². The highest BCUT2D eigenvalue weighted by atomic mass is 16.3. The second-order valence-electron chi connectivity index (χ2n) is 8.65. The lowest BCUT2D eigenvalue weighted by atomic mass is 9.57. The van der Waals surface area contributed by atoms with E-state index in [2.05, 4.69) is 27.4 Å². The van der Waals surface area contributed by atoms with Gasteiger partial charge >= 0.3 is 0 Å². The Hall–Kier alpha value is -0.600. The van der Waals surface area contributed by atoms with Gasteiger partial charge in [-0.1, -0.05) is 38.5 Å². The van der Waals surface area contributed by atoms with Gasteiger partial charge in [0.2, 0.25) is 0 Å². The van der Waals surface area contributed by atoms with Crippen LogP contribution in [-0.4, -0.2) is 22.4 Å². The Labute approximate surface area is 135 Å². The molecule has 22 heavy (non-hydrogen) atoms. The average molecular weight is 304 g/mol. The van der Waals surface area contributed by atoms with Gasteiger partial charge in [-0.05, 0) is 68.3 Å². The zero-order valence-corrected chi connectivity index (χ0v) is 14.5. The van der Waals surface area contributed by atoms with Crippen LogP contribution in [0.15, 0.2) is 23.3 Å². The van der Waals surface area contributed by atoms with Crippen molar-refractivity contribution in [2.45, 2.75) is 77.7 Å². The summed E-state index contributed by atoms with van der Waals surface area (Å²) in [5.74, 6) is 0.597. The van der Waals surface area contributed by atoms with Crippen LogP contribution in [0, 0.1) is 16.7 Å². The first kappa shape index (κ1) is 16.3. The molecular weight excluding hydrogens is 272 g/mol. The molecule has 124 valence electrons. The number of rotatable bonds is 2. The van der Waals surface area contributed by atoms with Crippen molar-refractivity contribution in [1.82, 2.24) is 0 Å². The molecule has 0 aliphatic heterocycles. The lowest BCUT2D eigenvalue weighted by molar-refractivity contribution is -0.118. The molecule has 0 aromatic heterocycles. The molecular formula is C20H32O2. The van der Waals surface area contributed by atoms with E-state index in [1.54, 1.807) is 11.1 Å². The molecule has 3 atom stereocenters. The Balaban J connectivity index is 2.09. The molecule has 2 N–H and O–H groups in total. The minimum atomic E-state index is -0.886. The van der Waals surface area contributed by atoms with Crippen LogP contribution in [0.2, 0.25) is 0 Å². The SMILES string of the molecule is C=C1CCC[C@@]2(CO)CCC3=C(C(C)C)CC[C@]3(C)C[C@]12O. The minimum absolute atomic E-state index is 0.0862. The van der Waals surface area contributed by atoms with Crippen LogP contribution in [-0.2, 0) is 0 Å². The summed E-state index contributed by atoms with van der Waals surface area (Å²) in [5, 5.41) is 21.8. The van der Waals surface area contributed by atoms with Crippen LogP contribution < -0.4 is 0 Å². The van der Waals surface area contributed by atoms with E-state index in [9.17, 15) is 10.2 Å². The fraction of sp³-hybridized carbons (Fsp3) is 0.800. The van der Waals surface area contributed by atoms with Gasteiger partial charge in [0, 0.05) is 5.41 Å². The first-order valence-electron chi connectivity index (χ1n) is 9.02. The van der Waals surface area contributed by atoms with Crippen LogP contribution >= 0.6 is 0 Å². The van der Waals surface area contributed by atoms with E-state index >= 15 is 0 Å². The number of allylic oxidation sites excluding steroid dienone is 2. The van der Waals surface area contributed by atoms with E-state index in [0.717, 1.165) is 50.5 Å². The number of hydrogen-bond donors (Lipinski definition) is 2. The van der Waals surface area contributed by atoms with Gasteiger partial charge < -0.3 is 10.2 Å². The molecule has 0 bridgehead atoms. The fourth-order valence-corrected chi connectivity index (χ4v) is 5.69. The van der Waals surface area contributed by atoms with Gasteiger partial charge in [0.25, 0.3) is 0 Å². The third-order valence-electron chi connectivity index (χ3n) is 7.16. The molecule has 0 saturated heterocycles. The molecule has 0 aromatic rings. The Morgan fingerprint density at radius 1 is 1.14 bits per heavy atom. The molecule has 2 fully saturated rings. The van der Waals surface area contributed by atoms with Crippen molar-refractivity contribution in [2.75, 3.05) is 6.61 Å². The van der Waals surface area contributed by atoms with E-state index in [-0.39, 0.29) is 17.4 Å². The maximum Gasteiger partial charge on any atom is 0.0940 e. The highest BCUT2D eigenvalue weighted by Gasteiger charge is 2.58. The van der Waals surface area contributed by atoms with Gasteiger partial charge in [0.15, 0.2) is 0 Å². The zero-order chi connectivity index (χ0) is 16.2. The van der Waals surface area contributed by atoms with Crippen LogP contribution in [0.4, 0.5) is 0 Å². The standard InChI is InChI=1S/C20H32O2/c1-14(2)16-7-10-18(4)12-20(22)15(3)6-5-9-19(20,13-21)11-8-17(16)18/h14,21-22H,3,5-13H2,1-2,4H3/t18-,19+,20+/m1/s1. The van der Waals surface area contributed by atoms with Gasteiger partial charge in [-0.3, -0.25) is 0 Å². The Kier molecular flexibility index (Phi) is 3.85. The Morgan fingerprint density at radius 3 is 2.50 bits per heavy atom. The third kappa shape index (κ3) is 2.06. The van der Waals surface area contributed by atoms with Crippen molar-refractivity contribution < 1.29 is 10.2 Å². The average Bonchev–Trinajstić information content (AvgIpc) is 2.73. The quantitative estimate of drug-likeness (QED) is 0.744. The minimum Gasteiger partial charge on any atom is -0.396 e. The number of fused-ring (bicyclic) bond motifs is 2. The fourth-order valence-electron chi connectivity index (χ4n) is 5.69. The lowest BCUT2D eigenvalue weighted by Crippen LogP contribution is -2.55. The predicted octanol–water partition coefficient (Wildman–Crippen LogP) is 4.37. The summed E-state index contributed by atoms with van der Waals surface area (Å²) in [7, 11) is 0. The number of hydrogen-bond acceptors (Lipinski definition) is 2. The molecule has 3 rings (SSSR count). The summed E-state index contributed by atoms with van der Waals surface area (Å²) in [6, 6.07) is 0. The van der Waals surface area contributed by atoms with Crippen molar-refractivity contribution in [3.8, 4) is 0 Å². The van der Waals surface area contributed by atoms with Gasteiger partial charge in [-0.15, -0.1) is 0 Å². The number of aliphatic hydroxyl groups is 2. The molecule has 2 saturated carbocycles. The monoisotopic (exact) mass is 304 g/mol. The summed E-state index contributed by atoms with van der Waals surface area (Å²) in [5.41, 5.74) is 3.00. The summed E-state index contributed by atoms with van der Waals surface area (Å²) in [4.78, 5) is 0. The highest BCUT2D eigenvalue weighted by molar-refractivity contribution is 5.35. The molecule has 0 radical (unpaired) electrons. The first-order chi connectivity index (χ1) is 10.3. The lowest BCUT2D eigenvalue weighted by Gasteiger charge is -2.52. The summed E-state index contributed by atoms with van der Waals surface area (Å²) in [6.45, 7) is 11.2. The van der Waals surface area contributed by atoms with Gasteiger partial charge in [-0.2, -0.15) is 0 Å². The second-order valence-corrected chi connectivity index (χ2v) is 8.65. The maximum absolute atomic E-state index is 11.6. The van der Waals surface area contributed by atoms with E-state index in [0.29, 0.717) is 5.92 Å². The summed E-state index contributed by atoms with van der Waals surface area (Å²) >= 11 is 0. The molecule has 2 nitrogen and oxygen atoms in total. The van der Waals surface area contributed by atoms with E-state index in [1.165, 1.54) is 6.42 Å². The van der Waals surface area contributed by atoms with Crippen LogP contribution in [0.1, 0.15) is 72.1 Å². The zero-order valence-electron chi connectivity index (χ0n) is 14.5. The van der Waals surface area contributed by atoms with Crippen molar-refractivity contribution in [2.24, 2.45) is 16.7 Å². The largest absolute Gasteiger partial charge is 0.396 e. The van der Waals surface area contributed by atoms with E-state index in [4.69, 9.17) is 0 Å². The van der Waals surface area contributed by atoms with Crippen LogP contribution in [0.5, 0.6) is 0 Å². The molecule has 2 heteroatoms. The van der Waals surface area contributed by atoms with Crippen LogP contribution in [0.25, 0.3) is 0 Å². The van der Waals surface area contributed by atoms with Crippen molar-refractivity contribution in [3.05, 3.63) is 23.3 Å². The topological polar surface area (TPSA) is 40.5 Å². The molecule has 0 heterocycles. The first-order valence-corrected chi connectivity index (χ1v) is 9.02. The molecule has 0 unspecified atom stereocenters. The molecule has 3 aliphatic rings. The summed E-state index contributed by atoms with van der Waals surface area (Å²) in [6.07, 6.45) is 7.91. The number of aliphatic hydroxyl groups excluding tert-OH is 1. The molecule has 0 spiro atoms. The maximum atomic E-state index is 11.6. The normalized spacial score (nSPS) is 42.4. The predicted molar refractivity (Wildman–Crippen MR) is 90.5 cm³/mol. The molecule has 0 aromatic carbocycles. The van der Waals surface area contributed by atoms with Crippen molar-refractivity contribution in [3.63, 3.8) is 0 Å². The Bertz CT molecular complexity index is 518. The smallest absolute Gasteiger partial charge is 0.0940 e. The van der Waals surface area contributed by atoms with E-state index in [1.807, 2.05) is 0 Å². The third-order valence-corrected chi connectivity index (χ3v) is 7.16. The van der Waals surface area contributed by atoms with Gasteiger partial charge in [-0.25, -0.2) is 0 Å². The van der Waals surface area contributed by atoms with Crippen molar-refractivity contribution >= 4 is 0 Å². The summed E-state index contributed by atoms with van der Waals surface area (Å²) < 4.78 is 0. The highest BCUT2D eigenvalue weighted by Crippen LogP contribution is 2.62. The van der Waals surface area contributed by atoms with Crippen molar-refractivity contribution in [1.29, 1.82) is 0 Å². The van der Waals surface area contributed by atoms with Gasteiger partial charge in [0.05, 0.1) is 12.2 Å². The Morgan fingerprint density at radius 2 is 1.86 bits per heavy atom. The molecule has 0 amide bonds. The van der Waals surface area contributed by atoms with Crippen LogP contribution in [0.3, 0.4) is 0 Å².